The first-order chi connectivity index (χ1) is 7.58. The van der Waals surface area contributed by atoms with E-state index in [0.717, 1.165) is 9.13 Å². The lowest BCUT2D eigenvalue weighted by Crippen LogP contribution is -2.13. The van der Waals surface area contributed by atoms with Crippen LogP contribution in [0.25, 0.3) is 10.6 Å². The number of nitrogens with two attached hydrogens (primary N) is 2. The molecule has 0 fully saturated rings. The third-order valence-corrected chi connectivity index (χ3v) is 3.56. The predicted octanol–water partition coefficient (Wildman–Crippen LogP) is 2.10. The Bertz CT molecular complexity index is 553. The van der Waals surface area contributed by atoms with Gasteiger partial charge in [-0.3, -0.25) is 4.79 Å². The van der Waals surface area contributed by atoms with Crippen LogP contribution >= 0.6 is 33.9 Å². The van der Waals surface area contributed by atoms with Gasteiger partial charge in [-0.2, -0.15) is 0 Å². The van der Waals surface area contributed by atoms with Crippen LogP contribution in [-0.2, 0) is 0 Å². The van der Waals surface area contributed by atoms with Crippen molar-refractivity contribution in [2.75, 3.05) is 5.73 Å². The van der Waals surface area contributed by atoms with E-state index >= 15 is 0 Å². The second-order valence-electron chi connectivity index (χ2n) is 3.11. The normalized spacial score (nSPS) is 10.3. The molecule has 1 aromatic carbocycles. The summed E-state index contributed by atoms with van der Waals surface area (Å²) >= 11 is 3.48. The van der Waals surface area contributed by atoms with Crippen LogP contribution in [0.2, 0.25) is 0 Å². The Morgan fingerprint density at radius 2 is 2.19 bits per heavy atom. The van der Waals surface area contributed by atoms with Gasteiger partial charge in [-0.1, -0.05) is 23.5 Å². The lowest BCUT2D eigenvalue weighted by molar-refractivity contribution is 0.0997. The van der Waals surface area contributed by atoms with E-state index in [2.05, 4.69) is 27.6 Å². The van der Waals surface area contributed by atoms with Gasteiger partial charge < -0.3 is 11.5 Å². The Kier molecular flexibility index (Phi) is 3.10. The molecule has 4 N–H and O–H groups in total. The summed E-state index contributed by atoms with van der Waals surface area (Å²) in [4.78, 5) is 15.2. The maximum atomic E-state index is 11.0. The molecule has 0 unspecified atom stereocenters. The molecule has 6 heteroatoms. The van der Waals surface area contributed by atoms with Gasteiger partial charge in [0.2, 0.25) is 0 Å². The summed E-state index contributed by atoms with van der Waals surface area (Å²) in [5, 5.41) is 1.08. The largest absolute Gasteiger partial charge is 0.389 e. The first-order valence-electron chi connectivity index (χ1n) is 4.40. The van der Waals surface area contributed by atoms with E-state index in [1.807, 2.05) is 24.3 Å². The highest BCUT2D eigenvalue weighted by molar-refractivity contribution is 14.1. The number of amides is 1. The third kappa shape index (κ3) is 2.17. The van der Waals surface area contributed by atoms with Crippen LogP contribution in [0.15, 0.2) is 24.3 Å². The molecule has 0 bridgehead atoms. The van der Waals surface area contributed by atoms with Crippen molar-refractivity contribution in [1.29, 1.82) is 0 Å². The number of benzene rings is 1. The molecular weight excluding hydrogens is 337 g/mol. The van der Waals surface area contributed by atoms with E-state index in [4.69, 9.17) is 11.5 Å². The van der Waals surface area contributed by atoms with Gasteiger partial charge in [-0.25, -0.2) is 4.98 Å². The summed E-state index contributed by atoms with van der Waals surface area (Å²) in [5.74, 6) is -0.592. The minimum atomic E-state index is -0.592. The average molecular weight is 345 g/mol. The number of aromatic nitrogens is 1. The molecule has 2 aromatic rings. The molecule has 0 saturated heterocycles. The van der Waals surface area contributed by atoms with Crippen molar-refractivity contribution in [2.24, 2.45) is 5.73 Å². The number of nitrogens with zero attached hydrogens (tertiary/aromatic N) is 1. The van der Waals surface area contributed by atoms with Gasteiger partial charge in [-0.15, -0.1) is 0 Å². The van der Waals surface area contributed by atoms with E-state index in [9.17, 15) is 4.79 Å². The molecule has 2 rings (SSSR count). The Morgan fingerprint density at radius 3 is 2.75 bits per heavy atom. The SMILES string of the molecule is NC(=O)c1nc(-c2cccc(I)c2)sc1N. The fraction of sp³-hybridized carbons (Fsp3) is 0. The van der Waals surface area contributed by atoms with Gasteiger partial charge in [0.05, 0.1) is 0 Å². The number of carbonyl (C=O) groups excluding carboxylic acids is 1. The van der Waals surface area contributed by atoms with Crippen LogP contribution in [0.1, 0.15) is 10.5 Å². The van der Waals surface area contributed by atoms with Gasteiger partial charge in [0.1, 0.15) is 10.0 Å². The van der Waals surface area contributed by atoms with Crippen molar-refractivity contribution in [3.05, 3.63) is 33.5 Å². The number of halogens is 1. The van der Waals surface area contributed by atoms with Gasteiger partial charge in [-0.05, 0) is 34.7 Å². The van der Waals surface area contributed by atoms with Crippen LogP contribution < -0.4 is 11.5 Å². The standard InChI is InChI=1S/C10H8IN3OS/c11-6-3-1-2-5(4-6)10-14-7(8(12)15)9(13)16-10/h1-4H,13H2,(H2,12,15). The topological polar surface area (TPSA) is 82.0 Å². The maximum absolute atomic E-state index is 11.0. The molecular formula is C10H8IN3OS. The molecule has 16 heavy (non-hydrogen) atoms. The van der Waals surface area contributed by atoms with Gasteiger partial charge in [0.15, 0.2) is 5.69 Å². The number of hydrogen-bond donors (Lipinski definition) is 2. The first kappa shape index (κ1) is 11.3. The summed E-state index contributed by atoms with van der Waals surface area (Å²) in [6.45, 7) is 0. The highest BCUT2D eigenvalue weighted by atomic mass is 127. The summed E-state index contributed by atoms with van der Waals surface area (Å²) in [5.41, 5.74) is 11.9. The molecule has 0 aliphatic carbocycles. The summed E-state index contributed by atoms with van der Waals surface area (Å²) in [6, 6.07) is 7.81. The lowest BCUT2D eigenvalue weighted by atomic mass is 10.2. The minimum absolute atomic E-state index is 0.152. The van der Waals surface area contributed by atoms with Crippen LogP contribution in [0.4, 0.5) is 5.00 Å². The molecule has 0 aliphatic rings. The minimum Gasteiger partial charge on any atom is -0.389 e. The Hall–Kier alpha value is -1.15. The summed E-state index contributed by atoms with van der Waals surface area (Å²) in [7, 11) is 0. The van der Waals surface area contributed by atoms with Crippen LogP contribution in [0.3, 0.4) is 0 Å². The van der Waals surface area contributed by atoms with Crippen molar-refractivity contribution >= 4 is 44.8 Å². The van der Waals surface area contributed by atoms with Crippen molar-refractivity contribution in [3.8, 4) is 10.6 Å². The number of primary amides is 1. The van der Waals surface area contributed by atoms with E-state index in [1.54, 1.807) is 0 Å². The molecule has 1 aromatic heterocycles. The smallest absolute Gasteiger partial charge is 0.270 e. The first-order valence-corrected chi connectivity index (χ1v) is 6.29. The monoisotopic (exact) mass is 345 g/mol. The highest BCUT2D eigenvalue weighted by Crippen LogP contribution is 2.30. The molecule has 0 radical (unpaired) electrons. The number of thiazole rings is 1. The molecule has 4 nitrogen and oxygen atoms in total. The second-order valence-corrected chi connectivity index (χ2v) is 5.38. The fourth-order valence-electron chi connectivity index (χ4n) is 1.25. The molecule has 82 valence electrons. The number of nitrogen functional groups attached to an aromatic ring is 1. The van der Waals surface area contributed by atoms with Crippen LogP contribution in [-0.4, -0.2) is 10.9 Å². The molecule has 1 heterocycles. The summed E-state index contributed by atoms with van der Waals surface area (Å²) in [6.07, 6.45) is 0. The molecule has 0 atom stereocenters. The zero-order valence-corrected chi connectivity index (χ0v) is 11.1. The molecule has 1 amide bonds. The molecule has 0 spiro atoms. The van der Waals surface area contributed by atoms with Crippen molar-refractivity contribution in [3.63, 3.8) is 0 Å². The van der Waals surface area contributed by atoms with Crippen molar-refractivity contribution in [2.45, 2.75) is 0 Å². The third-order valence-electron chi connectivity index (χ3n) is 1.96. The Balaban J connectivity index is 2.49. The van der Waals surface area contributed by atoms with E-state index < -0.39 is 5.91 Å². The van der Waals surface area contributed by atoms with E-state index in [-0.39, 0.29) is 5.69 Å². The quantitative estimate of drug-likeness (QED) is 0.818. The summed E-state index contributed by atoms with van der Waals surface area (Å²) < 4.78 is 1.10. The Labute approximate surface area is 110 Å². The van der Waals surface area contributed by atoms with Crippen molar-refractivity contribution < 1.29 is 4.79 Å². The van der Waals surface area contributed by atoms with E-state index in [1.165, 1.54) is 11.3 Å². The number of hydrogen-bond acceptors (Lipinski definition) is 4. The molecule has 0 saturated carbocycles. The highest BCUT2D eigenvalue weighted by Gasteiger charge is 2.14. The van der Waals surface area contributed by atoms with Crippen LogP contribution in [0, 0.1) is 3.57 Å². The second kappa shape index (κ2) is 4.38. The number of rotatable bonds is 2. The van der Waals surface area contributed by atoms with Gasteiger partial charge in [0.25, 0.3) is 5.91 Å². The van der Waals surface area contributed by atoms with Crippen LogP contribution in [0.5, 0.6) is 0 Å². The fourth-order valence-corrected chi connectivity index (χ4v) is 2.63. The number of carbonyl (C=O) groups is 1. The van der Waals surface area contributed by atoms with Crippen molar-refractivity contribution in [1.82, 2.24) is 4.98 Å². The zero-order chi connectivity index (χ0) is 11.7. The number of anilines is 1. The van der Waals surface area contributed by atoms with Gasteiger partial charge in [0, 0.05) is 9.13 Å². The Morgan fingerprint density at radius 1 is 1.44 bits per heavy atom. The predicted molar refractivity (Wildman–Crippen MR) is 73.2 cm³/mol. The molecule has 0 aliphatic heterocycles. The lowest BCUT2D eigenvalue weighted by Gasteiger charge is -1.95. The van der Waals surface area contributed by atoms with Gasteiger partial charge >= 0.3 is 0 Å². The average Bonchev–Trinajstić information content (AvgIpc) is 2.60. The van der Waals surface area contributed by atoms with E-state index in [0.29, 0.717) is 10.0 Å². The zero-order valence-electron chi connectivity index (χ0n) is 8.11. The maximum Gasteiger partial charge on any atom is 0.270 e.